The third-order valence-electron chi connectivity index (χ3n) is 3.64. The van der Waals surface area contributed by atoms with Crippen molar-refractivity contribution in [2.24, 2.45) is 7.05 Å². The number of sulfonamides is 1. The highest BCUT2D eigenvalue weighted by molar-refractivity contribution is 9.10. The predicted molar refractivity (Wildman–Crippen MR) is 92.1 cm³/mol. The summed E-state index contributed by atoms with van der Waals surface area (Å²) in [6, 6.07) is 5.12. The first-order valence-electron chi connectivity index (χ1n) is 6.77. The van der Waals surface area contributed by atoms with Crippen molar-refractivity contribution >= 4 is 43.4 Å². The standard InChI is InChI=1S/C14H16BrN3O2S2/c1-9-8-11(4-5-12(9)15)22(19,20)18-6-7-21-14-13(18)10(2)16-17(14)3/h4-5,8H,6-7H2,1-3H3. The fourth-order valence-corrected chi connectivity index (χ4v) is 5.68. The first kappa shape index (κ1) is 15.9. The van der Waals surface area contributed by atoms with Gasteiger partial charge in [0, 0.05) is 23.8 Å². The van der Waals surface area contributed by atoms with Gasteiger partial charge in [-0.2, -0.15) is 5.10 Å². The SMILES string of the molecule is Cc1cc(S(=O)(=O)N2CCSc3c2c(C)nn3C)ccc1Br. The van der Waals surface area contributed by atoms with Crippen molar-refractivity contribution in [3.8, 4) is 0 Å². The molecule has 1 aliphatic rings. The van der Waals surface area contributed by atoms with Gasteiger partial charge in [-0.15, -0.1) is 11.8 Å². The van der Waals surface area contributed by atoms with Crippen LogP contribution in [0.15, 0.2) is 32.6 Å². The summed E-state index contributed by atoms with van der Waals surface area (Å²) in [7, 11) is -1.73. The predicted octanol–water partition coefficient (Wildman–Crippen LogP) is 3.10. The lowest BCUT2D eigenvalue weighted by atomic mass is 10.2. The Morgan fingerprint density at radius 1 is 1.32 bits per heavy atom. The van der Waals surface area contributed by atoms with Crippen molar-refractivity contribution in [1.82, 2.24) is 9.78 Å². The molecule has 1 aliphatic heterocycles. The Kier molecular flexibility index (Phi) is 4.03. The molecule has 2 aromatic rings. The number of thioether (sulfide) groups is 1. The van der Waals surface area contributed by atoms with Crippen LogP contribution in [0.1, 0.15) is 11.3 Å². The van der Waals surface area contributed by atoms with Gasteiger partial charge in [-0.1, -0.05) is 15.9 Å². The van der Waals surface area contributed by atoms with E-state index in [4.69, 9.17) is 0 Å². The van der Waals surface area contributed by atoms with Gasteiger partial charge in [0.05, 0.1) is 10.6 Å². The summed E-state index contributed by atoms with van der Waals surface area (Å²) in [5.74, 6) is 0.723. The molecule has 1 aromatic carbocycles. The van der Waals surface area contributed by atoms with Gasteiger partial charge in [-0.25, -0.2) is 8.42 Å². The third kappa shape index (κ3) is 2.47. The Balaban J connectivity index is 2.13. The summed E-state index contributed by atoms with van der Waals surface area (Å²) in [6.45, 7) is 4.19. The van der Waals surface area contributed by atoms with Crippen LogP contribution in [0.3, 0.4) is 0 Å². The lowest BCUT2D eigenvalue weighted by Crippen LogP contribution is -2.35. The topological polar surface area (TPSA) is 55.2 Å². The minimum absolute atomic E-state index is 0.314. The van der Waals surface area contributed by atoms with Gasteiger partial charge < -0.3 is 0 Å². The smallest absolute Gasteiger partial charge is 0.261 e. The summed E-state index contributed by atoms with van der Waals surface area (Å²) in [6.07, 6.45) is 0. The van der Waals surface area contributed by atoms with E-state index in [-0.39, 0.29) is 0 Å². The van der Waals surface area contributed by atoms with Gasteiger partial charge in [0.15, 0.2) is 0 Å². The Labute approximate surface area is 142 Å². The van der Waals surface area contributed by atoms with Gasteiger partial charge in [-0.3, -0.25) is 8.99 Å². The maximum Gasteiger partial charge on any atom is 0.264 e. The quantitative estimate of drug-likeness (QED) is 0.775. The average Bonchev–Trinajstić information content (AvgIpc) is 2.77. The van der Waals surface area contributed by atoms with Crippen LogP contribution in [-0.4, -0.2) is 30.5 Å². The lowest BCUT2D eigenvalue weighted by molar-refractivity contribution is 0.590. The van der Waals surface area contributed by atoms with Crippen molar-refractivity contribution in [2.75, 3.05) is 16.6 Å². The second kappa shape index (κ2) is 5.58. The van der Waals surface area contributed by atoms with E-state index < -0.39 is 10.0 Å². The number of aromatic nitrogens is 2. The second-order valence-corrected chi connectivity index (χ2v) is 9.00. The number of benzene rings is 1. The zero-order valence-corrected chi connectivity index (χ0v) is 15.7. The number of aryl methyl sites for hydroxylation is 3. The Hall–Kier alpha value is -0.990. The molecule has 0 N–H and O–H groups in total. The normalized spacial score (nSPS) is 15.0. The van der Waals surface area contributed by atoms with Crippen molar-refractivity contribution in [1.29, 1.82) is 0 Å². The summed E-state index contributed by atoms with van der Waals surface area (Å²) in [5.41, 5.74) is 2.34. The van der Waals surface area contributed by atoms with Crippen molar-refractivity contribution < 1.29 is 8.42 Å². The first-order valence-corrected chi connectivity index (χ1v) is 9.99. The van der Waals surface area contributed by atoms with Crippen LogP contribution in [0, 0.1) is 13.8 Å². The fraction of sp³-hybridized carbons (Fsp3) is 0.357. The van der Waals surface area contributed by atoms with Crippen LogP contribution in [0.5, 0.6) is 0 Å². The van der Waals surface area contributed by atoms with Crippen molar-refractivity contribution in [3.05, 3.63) is 33.9 Å². The molecule has 0 bridgehead atoms. The molecule has 2 heterocycles. The van der Waals surface area contributed by atoms with Crippen LogP contribution in [0.2, 0.25) is 0 Å². The molecule has 8 heteroatoms. The summed E-state index contributed by atoms with van der Waals surface area (Å²) in [5, 5.41) is 5.27. The van der Waals surface area contributed by atoms with Crippen LogP contribution < -0.4 is 4.31 Å². The number of fused-ring (bicyclic) bond motifs is 1. The first-order chi connectivity index (χ1) is 10.3. The monoisotopic (exact) mass is 401 g/mol. The molecule has 0 aliphatic carbocycles. The molecule has 0 radical (unpaired) electrons. The molecule has 0 saturated carbocycles. The minimum Gasteiger partial charge on any atom is -0.261 e. The van der Waals surface area contributed by atoms with E-state index in [0.717, 1.165) is 26.5 Å². The number of hydrogen-bond donors (Lipinski definition) is 0. The average molecular weight is 402 g/mol. The van der Waals surface area contributed by atoms with Crippen LogP contribution in [-0.2, 0) is 17.1 Å². The molecule has 0 unspecified atom stereocenters. The maximum atomic E-state index is 13.0. The maximum absolute atomic E-state index is 13.0. The van der Waals surface area contributed by atoms with Crippen molar-refractivity contribution in [2.45, 2.75) is 23.8 Å². The molecule has 1 aromatic heterocycles. The second-order valence-electron chi connectivity index (χ2n) is 5.20. The van der Waals surface area contributed by atoms with Gasteiger partial charge in [0.1, 0.15) is 10.7 Å². The Bertz CT molecular complexity index is 846. The molecule has 0 saturated heterocycles. The Morgan fingerprint density at radius 2 is 2.05 bits per heavy atom. The zero-order valence-electron chi connectivity index (χ0n) is 12.5. The molecule has 3 rings (SSSR count). The van der Waals surface area contributed by atoms with E-state index in [1.807, 2.05) is 20.9 Å². The number of anilines is 1. The Morgan fingerprint density at radius 3 is 2.73 bits per heavy atom. The van der Waals surface area contributed by atoms with E-state index in [2.05, 4.69) is 21.0 Å². The highest BCUT2D eigenvalue weighted by Crippen LogP contribution is 2.39. The molecular weight excluding hydrogens is 386 g/mol. The lowest BCUT2D eigenvalue weighted by Gasteiger charge is -2.28. The van der Waals surface area contributed by atoms with Crippen molar-refractivity contribution in [3.63, 3.8) is 0 Å². The molecule has 0 fully saturated rings. The van der Waals surface area contributed by atoms with E-state index in [0.29, 0.717) is 17.1 Å². The highest BCUT2D eigenvalue weighted by Gasteiger charge is 2.33. The number of rotatable bonds is 2. The van der Waals surface area contributed by atoms with Gasteiger partial charge in [0.25, 0.3) is 10.0 Å². The highest BCUT2D eigenvalue weighted by atomic mass is 79.9. The summed E-state index contributed by atoms with van der Waals surface area (Å²) < 4.78 is 30.2. The molecule has 118 valence electrons. The summed E-state index contributed by atoms with van der Waals surface area (Å²) in [4.78, 5) is 0.314. The zero-order chi connectivity index (χ0) is 16.1. The number of halogens is 1. The van der Waals surface area contributed by atoms with Gasteiger partial charge in [0.2, 0.25) is 0 Å². The fourth-order valence-electron chi connectivity index (χ4n) is 2.56. The van der Waals surface area contributed by atoms with Gasteiger partial charge in [-0.05, 0) is 37.6 Å². The van der Waals surface area contributed by atoms with E-state index in [1.54, 1.807) is 34.6 Å². The van der Waals surface area contributed by atoms with Crippen LogP contribution >= 0.6 is 27.7 Å². The van der Waals surface area contributed by atoms with Crippen LogP contribution in [0.25, 0.3) is 0 Å². The molecule has 0 atom stereocenters. The molecule has 5 nitrogen and oxygen atoms in total. The minimum atomic E-state index is -3.58. The molecule has 0 amide bonds. The third-order valence-corrected chi connectivity index (χ3v) is 7.44. The van der Waals surface area contributed by atoms with Crippen LogP contribution in [0.4, 0.5) is 5.69 Å². The molecule has 0 spiro atoms. The van der Waals surface area contributed by atoms with E-state index >= 15 is 0 Å². The number of nitrogens with zero attached hydrogens (tertiary/aromatic N) is 3. The number of hydrogen-bond acceptors (Lipinski definition) is 4. The molecule has 22 heavy (non-hydrogen) atoms. The summed E-state index contributed by atoms with van der Waals surface area (Å²) >= 11 is 5.05. The van der Waals surface area contributed by atoms with E-state index in [9.17, 15) is 8.42 Å². The molecular formula is C14H16BrN3O2S2. The van der Waals surface area contributed by atoms with E-state index in [1.165, 1.54) is 4.31 Å². The largest absolute Gasteiger partial charge is 0.264 e. The van der Waals surface area contributed by atoms with Gasteiger partial charge >= 0.3 is 0 Å².